The molecule has 1 heteroatoms. The van der Waals surface area contributed by atoms with Crippen molar-refractivity contribution in [3.8, 4) is 0 Å². The van der Waals surface area contributed by atoms with Gasteiger partial charge in [0.05, 0.1) is 0 Å². The van der Waals surface area contributed by atoms with E-state index in [1.165, 1.54) is 114 Å². The van der Waals surface area contributed by atoms with Crippen molar-refractivity contribution in [3.05, 3.63) is 22.7 Å². The van der Waals surface area contributed by atoms with Crippen molar-refractivity contribution in [1.29, 1.82) is 0 Å². The number of allylic oxidation sites excluding steroid dienone is 4. The molecule has 0 rings (SSSR count). The first-order valence-electron chi connectivity index (χ1n) is 13.3. The maximum absolute atomic E-state index is 6.93. The molecule has 0 aliphatic heterocycles. The van der Waals surface area contributed by atoms with Crippen LogP contribution in [0.15, 0.2) is 22.7 Å². The van der Waals surface area contributed by atoms with E-state index in [4.69, 9.17) is 4.74 Å². The number of hydrogen-bond acceptors (Lipinski definition) is 1. The summed E-state index contributed by atoms with van der Waals surface area (Å²) in [6.45, 7) is 13.8. The van der Waals surface area contributed by atoms with E-state index in [-0.39, 0.29) is 0 Å². The van der Waals surface area contributed by atoms with E-state index in [0.717, 1.165) is 12.8 Å². The largest absolute Gasteiger partial charge is 0.466 e. The van der Waals surface area contributed by atoms with Crippen molar-refractivity contribution < 1.29 is 4.74 Å². The Hall–Kier alpha value is -0.720. The van der Waals surface area contributed by atoms with Crippen LogP contribution in [-0.2, 0) is 4.74 Å². The van der Waals surface area contributed by atoms with Crippen LogP contribution in [0.2, 0.25) is 0 Å². The second kappa shape index (κ2) is 20.5. The highest BCUT2D eigenvalue weighted by molar-refractivity contribution is 5.16. The van der Waals surface area contributed by atoms with Gasteiger partial charge in [-0.1, -0.05) is 80.1 Å². The summed E-state index contributed by atoms with van der Waals surface area (Å²) in [5.41, 5.74) is 3.25. The molecule has 0 radical (unpaired) electrons. The van der Waals surface area contributed by atoms with Gasteiger partial charge < -0.3 is 4.74 Å². The molecule has 172 valence electrons. The molecule has 0 aliphatic rings. The zero-order chi connectivity index (χ0) is 21.7. The summed E-state index contributed by atoms with van der Waals surface area (Å²) in [5, 5.41) is 0. The summed E-state index contributed by atoms with van der Waals surface area (Å²) < 4.78 is 6.93. The van der Waals surface area contributed by atoms with E-state index in [2.05, 4.69) is 41.5 Å². The fourth-order valence-electron chi connectivity index (χ4n) is 3.79. The number of hydrogen-bond donors (Lipinski definition) is 0. The van der Waals surface area contributed by atoms with E-state index in [1.54, 1.807) is 11.1 Å². The van der Waals surface area contributed by atoms with Crippen LogP contribution >= 0.6 is 0 Å². The maximum atomic E-state index is 6.93. The summed E-state index contributed by atoms with van der Waals surface area (Å²) in [4.78, 5) is 0. The van der Waals surface area contributed by atoms with Crippen LogP contribution in [0.1, 0.15) is 157 Å². The monoisotopic (exact) mass is 406 g/mol. The van der Waals surface area contributed by atoms with Gasteiger partial charge in [-0.25, -0.2) is 0 Å². The Kier molecular flexibility index (Phi) is 20.0. The highest BCUT2D eigenvalue weighted by Gasteiger charge is 2.14. The van der Waals surface area contributed by atoms with Crippen LogP contribution in [0.3, 0.4) is 0 Å². The van der Waals surface area contributed by atoms with Crippen molar-refractivity contribution in [2.45, 2.75) is 157 Å². The lowest BCUT2D eigenvalue weighted by molar-refractivity contribution is 0.256. The molecule has 0 aromatic heterocycles. The van der Waals surface area contributed by atoms with Gasteiger partial charge in [0, 0.05) is 12.8 Å². The third-order valence-electron chi connectivity index (χ3n) is 5.88. The van der Waals surface area contributed by atoms with Gasteiger partial charge in [-0.15, -0.1) is 0 Å². The van der Waals surface area contributed by atoms with Gasteiger partial charge in [0.25, 0.3) is 0 Å². The minimum Gasteiger partial charge on any atom is -0.466 e. The Balaban J connectivity index is 5.87. The molecule has 0 amide bonds. The first kappa shape index (κ1) is 28.3. The van der Waals surface area contributed by atoms with Gasteiger partial charge in [0.15, 0.2) is 0 Å². The van der Waals surface area contributed by atoms with Crippen LogP contribution in [-0.4, -0.2) is 0 Å². The minimum atomic E-state index is 1.13. The minimum absolute atomic E-state index is 1.13. The van der Waals surface area contributed by atoms with Crippen LogP contribution in [0.4, 0.5) is 0 Å². The predicted molar refractivity (Wildman–Crippen MR) is 132 cm³/mol. The van der Waals surface area contributed by atoms with Crippen LogP contribution in [0, 0.1) is 0 Å². The van der Waals surface area contributed by atoms with Gasteiger partial charge in [0.2, 0.25) is 0 Å². The van der Waals surface area contributed by atoms with Gasteiger partial charge in [0.1, 0.15) is 11.5 Å². The Morgan fingerprint density at radius 2 is 0.621 bits per heavy atom. The highest BCUT2D eigenvalue weighted by atomic mass is 16.5. The number of unbranched alkanes of at least 4 members (excludes halogenated alkanes) is 6. The molecule has 0 spiro atoms. The Morgan fingerprint density at radius 3 is 0.862 bits per heavy atom. The van der Waals surface area contributed by atoms with E-state index < -0.39 is 0 Å². The molecule has 0 heterocycles. The summed E-state index contributed by atoms with van der Waals surface area (Å²) >= 11 is 0. The summed E-state index contributed by atoms with van der Waals surface area (Å²) in [7, 11) is 0. The molecular weight excluding hydrogens is 352 g/mol. The van der Waals surface area contributed by atoms with E-state index in [9.17, 15) is 0 Å². The first-order chi connectivity index (χ1) is 14.2. The van der Waals surface area contributed by atoms with E-state index >= 15 is 0 Å². The molecule has 0 fully saturated rings. The normalized spacial score (nSPS) is 10.8. The quantitative estimate of drug-likeness (QED) is 0.183. The second-order valence-corrected chi connectivity index (χ2v) is 8.78. The molecule has 0 aromatic rings. The molecule has 0 saturated heterocycles. The molecule has 0 bridgehead atoms. The molecule has 29 heavy (non-hydrogen) atoms. The molecule has 0 saturated carbocycles. The Bertz CT molecular complexity index is 370. The fourth-order valence-corrected chi connectivity index (χ4v) is 3.79. The lowest BCUT2D eigenvalue weighted by atomic mass is 9.97. The third kappa shape index (κ3) is 14.0. The highest BCUT2D eigenvalue weighted by Crippen LogP contribution is 2.31. The summed E-state index contributed by atoms with van der Waals surface area (Å²) in [6.07, 6.45) is 22.4. The average Bonchev–Trinajstić information content (AvgIpc) is 2.74. The smallest absolute Gasteiger partial charge is 0.103 e. The SMILES string of the molecule is CCCCC(CCCC)=C(CCCC)OC(CCCC)=C(CCCC)CCCC. The topological polar surface area (TPSA) is 9.23 Å². The van der Waals surface area contributed by atoms with E-state index in [0.29, 0.717) is 0 Å². The van der Waals surface area contributed by atoms with E-state index in [1.807, 2.05) is 0 Å². The number of rotatable bonds is 20. The lowest BCUT2D eigenvalue weighted by Crippen LogP contribution is -2.04. The zero-order valence-electron chi connectivity index (χ0n) is 21.1. The third-order valence-corrected chi connectivity index (χ3v) is 5.88. The zero-order valence-corrected chi connectivity index (χ0v) is 21.1. The second-order valence-electron chi connectivity index (χ2n) is 8.78. The Labute approximate surface area is 184 Å². The predicted octanol–water partition coefficient (Wildman–Crippen LogP) is 10.7. The molecule has 0 unspecified atom stereocenters. The molecule has 0 atom stereocenters. The number of ether oxygens (including phenoxy) is 1. The summed E-state index contributed by atoms with van der Waals surface area (Å²) in [5.74, 6) is 2.70. The molecule has 0 aliphatic carbocycles. The average molecular weight is 407 g/mol. The van der Waals surface area contributed by atoms with Crippen molar-refractivity contribution in [3.63, 3.8) is 0 Å². The van der Waals surface area contributed by atoms with Crippen LogP contribution in [0.5, 0.6) is 0 Å². The van der Waals surface area contributed by atoms with Crippen molar-refractivity contribution >= 4 is 0 Å². The molecule has 0 aromatic carbocycles. The van der Waals surface area contributed by atoms with Crippen molar-refractivity contribution in [1.82, 2.24) is 0 Å². The van der Waals surface area contributed by atoms with Gasteiger partial charge in [-0.2, -0.15) is 0 Å². The van der Waals surface area contributed by atoms with Crippen molar-refractivity contribution in [2.75, 3.05) is 0 Å². The first-order valence-corrected chi connectivity index (χ1v) is 13.3. The van der Waals surface area contributed by atoms with Crippen molar-refractivity contribution in [2.24, 2.45) is 0 Å². The molecular formula is C28H54O. The Morgan fingerprint density at radius 1 is 0.379 bits per heavy atom. The fraction of sp³-hybridized carbons (Fsp3) is 0.857. The standard InChI is InChI=1S/C28H54O/c1-7-13-19-25(20-14-8-2)27(23-17-11-5)29-28(24-18-12-6)26(21-15-9-3)22-16-10-4/h7-24H2,1-6H3. The molecule has 0 N–H and O–H groups in total. The van der Waals surface area contributed by atoms with Crippen LogP contribution in [0.25, 0.3) is 0 Å². The van der Waals surface area contributed by atoms with Gasteiger partial charge >= 0.3 is 0 Å². The van der Waals surface area contributed by atoms with Gasteiger partial charge in [-0.05, 0) is 75.4 Å². The summed E-state index contributed by atoms with van der Waals surface area (Å²) in [6, 6.07) is 0. The van der Waals surface area contributed by atoms with Crippen LogP contribution < -0.4 is 0 Å². The maximum Gasteiger partial charge on any atom is 0.103 e. The lowest BCUT2D eigenvalue weighted by Gasteiger charge is -2.22. The van der Waals surface area contributed by atoms with Gasteiger partial charge in [-0.3, -0.25) is 0 Å². The molecule has 1 nitrogen and oxygen atoms in total.